The third-order valence-electron chi connectivity index (χ3n) is 4.40. The topological polar surface area (TPSA) is 38.0 Å². The molecule has 0 heterocycles. The normalized spacial score (nSPS) is 19.4. The van der Waals surface area contributed by atoms with E-state index in [1.165, 1.54) is 44.9 Å². The fourth-order valence-corrected chi connectivity index (χ4v) is 3.39. The number of hydrazine groups is 1. The molecular weight excluding hydrogens is 275 g/mol. The zero-order chi connectivity index (χ0) is 14.4. The van der Waals surface area contributed by atoms with Gasteiger partial charge in [0.15, 0.2) is 0 Å². The molecule has 1 aliphatic carbocycles. The van der Waals surface area contributed by atoms with Gasteiger partial charge in [0.05, 0.1) is 5.02 Å². The molecule has 0 amide bonds. The summed E-state index contributed by atoms with van der Waals surface area (Å²) in [6, 6.07) is 5.31. The molecule has 0 spiro atoms. The highest BCUT2D eigenvalue weighted by atomic mass is 35.5. The third kappa shape index (κ3) is 4.18. The van der Waals surface area contributed by atoms with Crippen molar-refractivity contribution in [2.45, 2.75) is 57.4 Å². The van der Waals surface area contributed by atoms with E-state index in [9.17, 15) is 4.39 Å². The van der Waals surface area contributed by atoms with Gasteiger partial charge in [0.25, 0.3) is 0 Å². The van der Waals surface area contributed by atoms with Gasteiger partial charge in [-0.25, -0.2) is 4.39 Å². The van der Waals surface area contributed by atoms with Crippen LogP contribution in [-0.2, 0) is 6.42 Å². The standard InChI is InChI=1S/C16H24ClFN2/c17-14-10-6-9-13(16(14)18)11-15(20-19)12-7-4-2-1-3-5-8-12/h6,9-10,12,15,20H,1-5,7-8,11,19H2. The van der Waals surface area contributed by atoms with Gasteiger partial charge in [0.1, 0.15) is 5.82 Å². The van der Waals surface area contributed by atoms with Crippen LogP contribution in [0.2, 0.25) is 5.02 Å². The summed E-state index contributed by atoms with van der Waals surface area (Å²) in [6.45, 7) is 0. The minimum Gasteiger partial charge on any atom is -0.271 e. The average Bonchev–Trinajstić information content (AvgIpc) is 2.41. The highest BCUT2D eigenvalue weighted by molar-refractivity contribution is 6.30. The Morgan fingerprint density at radius 1 is 1.20 bits per heavy atom. The quantitative estimate of drug-likeness (QED) is 0.645. The lowest BCUT2D eigenvalue weighted by Crippen LogP contribution is -2.43. The highest BCUT2D eigenvalue weighted by Crippen LogP contribution is 2.27. The molecular formula is C16H24ClFN2. The Labute approximate surface area is 125 Å². The fraction of sp³-hybridized carbons (Fsp3) is 0.625. The van der Waals surface area contributed by atoms with Crippen molar-refractivity contribution in [3.8, 4) is 0 Å². The predicted octanol–water partition coefficient (Wildman–Crippen LogP) is 4.21. The molecule has 0 radical (unpaired) electrons. The van der Waals surface area contributed by atoms with E-state index in [4.69, 9.17) is 17.4 Å². The molecule has 0 aromatic heterocycles. The third-order valence-corrected chi connectivity index (χ3v) is 4.70. The van der Waals surface area contributed by atoms with Crippen LogP contribution in [0.15, 0.2) is 18.2 Å². The maximum atomic E-state index is 14.0. The SMILES string of the molecule is NNC(Cc1cccc(Cl)c1F)C1CCCCCCC1. The Balaban J connectivity index is 2.05. The molecule has 112 valence electrons. The molecule has 1 aromatic carbocycles. The Kier molecular flexibility index (Phi) is 6.27. The minimum absolute atomic E-state index is 0.126. The minimum atomic E-state index is -0.305. The largest absolute Gasteiger partial charge is 0.271 e. The van der Waals surface area contributed by atoms with Crippen LogP contribution in [0.3, 0.4) is 0 Å². The Bertz CT molecular complexity index is 417. The van der Waals surface area contributed by atoms with E-state index in [1.54, 1.807) is 18.2 Å². The van der Waals surface area contributed by atoms with Crippen LogP contribution in [0.1, 0.15) is 50.5 Å². The van der Waals surface area contributed by atoms with Crippen LogP contribution in [0.5, 0.6) is 0 Å². The molecule has 1 saturated carbocycles. The van der Waals surface area contributed by atoms with Crippen LogP contribution in [-0.4, -0.2) is 6.04 Å². The average molecular weight is 299 g/mol. The van der Waals surface area contributed by atoms with Crippen molar-refractivity contribution in [1.29, 1.82) is 0 Å². The lowest BCUT2D eigenvalue weighted by atomic mass is 9.83. The summed E-state index contributed by atoms with van der Waals surface area (Å²) in [4.78, 5) is 0. The second kappa shape index (κ2) is 7.96. The van der Waals surface area contributed by atoms with E-state index in [-0.39, 0.29) is 16.9 Å². The number of halogens is 2. The second-order valence-electron chi connectivity index (χ2n) is 5.80. The summed E-state index contributed by atoms with van der Waals surface area (Å²) in [6.07, 6.45) is 9.42. The van der Waals surface area contributed by atoms with Gasteiger partial charge in [0, 0.05) is 6.04 Å². The Morgan fingerprint density at radius 2 is 1.85 bits per heavy atom. The van der Waals surface area contributed by atoms with E-state index in [2.05, 4.69) is 5.43 Å². The van der Waals surface area contributed by atoms with Crippen molar-refractivity contribution in [2.75, 3.05) is 0 Å². The smallest absolute Gasteiger partial charge is 0.145 e. The molecule has 0 bridgehead atoms. The molecule has 2 rings (SSSR count). The molecule has 0 saturated heterocycles. The second-order valence-corrected chi connectivity index (χ2v) is 6.20. The van der Waals surface area contributed by atoms with Gasteiger partial charge >= 0.3 is 0 Å². The Hall–Kier alpha value is -0.640. The number of benzene rings is 1. The Morgan fingerprint density at radius 3 is 2.50 bits per heavy atom. The van der Waals surface area contributed by atoms with Crippen LogP contribution in [0, 0.1) is 11.7 Å². The molecule has 1 aromatic rings. The van der Waals surface area contributed by atoms with Crippen LogP contribution in [0.4, 0.5) is 4.39 Å². The summed E-state index contributed by atoms with van der Waals surface area (Å²) in [7, 11) is 0. The van der Waals surface area contributed by atoms with Crippen LogP contribution >= 0.6 is 11.6 Å². The van der Waals surface area contributed by atoms with E-state index in [0.717, 1.165) is 0 Å². The highest BCUT2D eigenvalue weighted by Gasteiger charge is 2.22. The first-order valence-corrected chi connectivity index (χ1v) is 7.99. The first kappa shape index (κ1) is 15.7. The molecule has 1 fully saturated rings. The van der Waals surface area contributed by atoms with Crippen molar-refractivity contribution >= 4 is 11.6 Å². The molecule has 3 N–H and O–H groups in total. The lowest BCUT2D eigenvalue weighted by Gasteiger charge is -2.28. The monoisotopic (exact) mass is 298 g/mol. The van der Waals surface area contributed by atoms with Gasteiger partial charge in [-0.05, 0) is 36.8 Å². The van der Waals surface area contributed by atoms with Gasteiger partial charge in [0.2, 0.25) is 0 Å². The van der Waals surface area contributed by atoms with E-state index in [0.29, 0.717) is 17.9 Å². The molecule has 20 heavy (non-hydrogen) atoms. The fourth-order valence-electron chi connectivity index (χ4n) is 3.19. The van der Waals surface area contributed by atoms with Crippen molar-refractivity contribution < 1.29 is 4.39 Å². The number of hydrogen-bond acceptors (Lipinski definition) is 2. The van der Waals surface area contributed by atoms with Gasteiger partial charge in [-0.15, -0.1) is 0 Å². The lowest BCUT2D eigenvalue weighted by molar-refractivity contribution is 0.283. The number of nitrogens with one attached hydrogen (secondary N) is 1. The first-order valence-electron chi connectivity index (χ1n) is 7.61. The maximum absolute atomic E-state index is 14.0. The predicted molar refractivity (Wildman–Crippen MR) is 82.0 cm³/mol. The number of rotatable bonds is 4. The van der Waals surface area contributed by atoms with Crippen molar-refractivity contribution in [1.82, 2.24) is 5.43 Å². The molecule has 4 heteroatoms. The maximum Gasteiger partial charge on any atom is 0.145 e. The molecule has 1 atom stereocenters. The van der Waals surface area contributed by atoms with Crippen molar-refractivity contribution in [3.63, 3.8) is 0 Å². The number of hydrogen-bond donors (Lipinski definition) is 2. The van der Waals surface area contributed by atoms with Gasteiger partial charge in [-0.1, -0.05) is 55.8 Å². The van der Waals surface area contributed by atoms with Crippen LogP contribution in [0.25, 0.3) is 0 Å². The molecule has 1 unspecified atom stereocenters. The zero-order valence-corrected chi connectivity index (χ0v) is 12.6. The summed E-state index contributed by atoms with van der Waals surface area (Å²) < 4.78 is 14.0. The van der Waals surface area contributed by atoms with Crippen LogP contribution < -0.4 is 11.3 Å². The van der Waals surface area contributed by atoms with Gasteiger partial charge < -0.3 is 0 Å². The first-order chi connectivity index (χ1) is 9.72. The molecule has 0 aliphatic heterocycles. The van der Waals surface area contributed by atoms with E-state index < -0.39 is 0 Å². The van der Waals surface area contributed by atoms with Crippen molar-refractivity contribution in [3.05, 3.63) is 34.6 Å². The van der Waals surface area contributed by atoms with Gasteiger partial charge in [-0.3, -0.25) is 11.3 Å². The van der Waals surface area contributed by atoms with Gasteiger partial charge in [-0.2, -0.15) is 0 Å². The summed E-state index contributed by atoms with van der Waals surface area (Å²) in [5.41, 5.74) is 3.56. The van der Waals surface area contributed by atoms with E-state index in [1.807, 2.05) is 0 Å². The summed E-state index contributed by atoms with van der Waals surface area (Å²) in [5, 5.41) is 0.191. The molecule has 1 aliphatic rings. The summed E-state index contributed by atoms with van der Waals surface area (Å²) >= 11 is 5.85. The molecule has 2 nitrogen and oxygen atoms in total. The van der Waals surface area contributed by atoms with E-state index >= 15 is 0 Å². The summed E-state index contributed by atoms with van der Waals surface area (Å²) in [5.74, 6) is 5.95. The number of nitrogens with two attached hydrogens (primary N) is 1. The zero-order valence-electron chi connectivity index (χ0n) is 11.9. The van der Waals surface area contributed by atoms with Crippen molar-refractivity contribution in [2.24, 2.45) is 11.8 Å².